The van der Waals surface area contributed by atoms with Crippen molar-refractivity contribution in [2.24, 2.45) is 10.7 Å². The summed E-state index contributed by atoms with van der Waals surface area (Å²) in [6.45, 7) is 8.87. The number of esters is 1. The number of carbonyl (C=O) groups excluding carboxylic acids is 1. The normalized spacial score (nSPS) is 10.5. The monoisotopic (exact) mass is 215 g/mol. The first kappa shape index (κ1) is 16.1. The Balaban J connectivity index is 0. The molecule has 0 radical (unpaired) electrons. The molecule has 5 heteroatoms. The van der Waals surface area contributed by atoms with Gasteiger partial charge in [0.05, 0.1) is 0 Å². The molecule has 0 aromatic carbocycles. The third-order valence-corrected chi connectivity index (χ3v) is 0.863. The van der Waals surface area contributed by atoms with Crippen LogP contribution in [-0.2, 0) is 9.53 Å². The number of rotatable bonds is 1. The molecular weight excluding hydrogens is 194 g/mol. The van der Waals surface area contributed by atoms with E-state index in [-0.39, 0.29) is 17.5 Å². The van der Waals surface area contributed by atoms with Crippen LogP contribution in [0.4, 0.5) is 0 Å². The molecule has 0 spiro atoms. The number of hydrogen-bond acceptors (Lipinski definition) is 3. The van der Waals surface area contributed by atoms with Crippen molar-refractivity contribution in [1.29, 1.82) is 5.41 Å². The van der Waals surface area contributed by atoms with Crippen molar-refractivity contribution in [3.05, 3.63) is 0 Å². The van der Waals surface area contributed by atoms with Crippen molar-refractivity contribution in [1.82, 2.24) is 0 Å². The van der Waals surface area contributed by atoms with E-state index in [1.165, 1.54) is 6.92 Å². The Labute approximate surface area is 91.2 Å². The lowest BCUT2D eigenvalue weighted by Crippen LogP contribution is -2.21. The second-order valence-electron chi connectivity index (χ2n) is 3.81. The average Bonchev–Trinajstić information content (AvgIpc) is 1.96. The fourth-order valence-corrected chi connectivity index (χ4v) is 0.621. The number of ether oxygens (including phenoxy) is 1. The van der Waals surface area contributed by atoms with Crippen molar-refractivity contribution in [3.63, 3.8) is 0 Å². The average molecular weight is 215 g/mol. The summed E-state index contributed by atoms with van der Waals surface area (Å²) >= 11 is 0. The highest BCUT2D eigenvalue weighted by Crippen LogP contribution is 2.05. The van der Waals surface area contributed by atoms with Gasteiger partial charge in [0.1, 0.15) is 5.60 Å². The summed E-state index contributed by atoms with van der Waals surface area (Å²) in [7, 11) is 0. The molecule has 0 saturated heterocycles. The fraction of sp³-hybridized carbons (Fsp3) is 0.700. The Bertz CT molecular complexity index is 229. The molecule has 0 heterocycles. The topological polar surface area (TPSA) is 88.5 Å². The number of guanidine groups is 1. The summed E-state index contributed by atoms with van der Waals surface area (Å²) in [6, 6.07) is 0. The second-order valence-corrected chi connectivity index (χ2v) is 3.81. The lowest BCUT2D eigenvalue weighted by molar-refractivity contribution is -0.151. The van der Waals surface area contributed by atoms with Crippen molar-refractivity contribution in [2.45, 2.75) is 46.6 Å². The van der Waals surface area contributed by atoms with Crippen LogP contribution in [0.15, 0.2) is 4.99 Å². The summed E-state index contributed by atoms with van der Waals surface area (Å²) in [5.74, 6) is -0.348. The van der Waals surface area contributed by atoms with Crippen LogP contribution in [0.1, 0.15) is 41.0 Å². The van der Waals surface area contributed by atoms with Gasteiger partial charge < -0.3 is 10.5 Å². The smallest absolute Gasteiger partial charge is 0.303 e. The molecule has 0 aliphatic heterocycles. The van der Waals surface area contributed by atoms with E-state index in [9.17, 15) is 4.79 Å². The number of aliphatic imine (C=N–C) groups is 1. The van der Waals surface area contributed by atoms with Gasteiger partial charge in [0.25, 0.3) is 0 Å². The third kappa shape index (κ3) is 24.5. The summed E-state index contributed by atoms with van der Waals surface area (Å²) in [6.07, 6.45) is 2.43. The van der Waals surface area contributed by atoms with Gasteiger partial charge in [-0.2, -0.15) is 0 Å². The Morgan fingerprint density at radius 2 is 2.00 bits per heavy atom. The zero-order valence-corrected chi connectivity index (χ0v) is 10.1. The Hall–Kier alpha value is -1.39. The minimum absolute atomic E-state index is 0.123. The summed E-state index contributed by atoms with van der Waals surface area (Å²) in [4.78, 5) is 13.7. The molecule has 88 valence electrons. The molecule has 0 aliphatic carbocycles. The largest absolute Gasteiger partial charge is 0.460 e. The van der Waals surface area contributed by atoms with E-state index in [0.29, 0.717) is 0 Å². The van der Waals surface area contributed by atoms with E-state index < -0.39 is 0 Å². The molecule has 0 atom stereocenters. The Morgan fingerprint density at radius 1 is 1.53 bits per heavy atom. The third-order valence-electron chi connectivity index (χ3n) is 0.863. The highest BCUT2D eigenvalue weighted by molar-refractivity contribution is 5.83. The number of nitrogens with two attached hydrogens (primary N) is 1. The van der Waals surface area contributed by atoms with Crippen molar-refractivity contribution >= 4 is 18.1 Å². The number of hydrogen-bond donors (Lipinski definition) is 2. The van der Waals surface area contributed by atoms with Gasteiger partial charge in [0.2, 0.25) is 5.96 Å². The van der Waals surface area contributed by atoms with Crippen molar-refractivity contribution in [2.75, 3.05) is 0 Å². The van der Waals surface area contributed by atoms with Crippen LogP contribution in [0.25, 0.3) is 0 Å². The van der Waals surface area contributed by atoms with Crippen LogP contribution in [-0.4, -0.2) is 23.7 Å². The molecule has 0 aliphatic rings. The molecule has 0 fully saturated rings. The molecule has 3 N–H and O–H groups in total. The number of nitrogens with zero attached hydrogens (tertiary/aromatic N) is 1. The Kier molecular flexibility index (Phi) is 8.52. The minimum atomic E-state index is -0.328. The molecule has 15 heavy (non-hydrogen) atoms. The van der Waals surface area contributed by atoms with Crippen LogP contribution in [0.2, 0.25) is 0 Å². The van der Waals surface area contributed by atoms with Gasteiger partial charge in [-0.15, -0.1) is 0 Å². The van der Waals surface area contributed by atoms with E-state index in [1.54, 1.807) is 6.21 Å². The van der Waals surface area contributed by atoms with Crippen LogP contribution in [0.5, 0.6) is 0 Å². The van der Waals surface area contributed by atoms with Crippen LogP contribution in [0, 0.1) is 5.41 Å². The maximum atomic E-state index is 10.2. The zero-order chi connectivity index (χ0) is 12.5. The second kappa shape index (κ2) is 7.96. The molecular formula is C10H21N3O2. The predicted molar refractivity (Wildman–Crippen MR) is 62.2 cm³/mol. The first-order valence-corrected chi connectivity index (χ1v) is 4.75. The fourth-order valence-electron chi connectivity index (χ4n) is 0.621. The summed E-state index contributed by atoms with van der Waals surface area (Å²) in [5.41, 5.74) is 4.54. The van der Waals surface area contributed by atoms with Crippen molar-refractivity contribution in [3.8, 4) is 0 Å². The lowest BCUT2D eigenvalue weighted by Gasteiger charge is -2.17. The van der Waals surface area contributed by atoms with Crippen LogP contribution in [0.3, 0.4) is 0 Å². The van der Waals surface area contributed by atoms with Crippen LogP contribution < -0.4 is 5.73 Å². The van der Waals surface area contributed by atoms with E-state index in [1.807, 2.05) is 27.7 Å². The van der Waals surface area contributed by atoms with E-state index in [4.69, 9.17) is 15.9 Å². The van der Waals surface area contributed by atoms with E-state index >= 15 is 0 Å². The van der Waals surface area contributed by atoms with Gasteiger partial charge in [0, 0.05) is 13.1 Å². The maximum absolute atomic E-state index is 10.2. The molecule has 0 unspecified atom stereocenters. The maximum Gasteiger partial charge on any atom is 0.303 e. The minimum Gasteiger partial charge on any atom is -0.460 e. The molecule has 0 amide bonds. The highest BCUT2D eigenvalue weighted by atomic mass is 16.6. The highest BCUT2D eigenvalue weighted by Gasteiger charge is 2.11. The summed E-state index contributed by atoms with van der Waals surface area (Å²) in [5, 5.41) is 6.58. The van der Waals surface area contributed by atoms with Gasteiger partial charge in [-0.05, 0) is 27.2 Å². The van der Waals surface area contributed by atoms with Gasteiger partial charge in [-0.25, -0.2) is 4.99 Å². The predicted octanol–water partition coefficient (Wildman–Crippen LogP) is 1.71. The molecule has 0 bridgehead atoms. The number of carbonyl (C=O) groups is 1. The first-order valence-electron chi connectivity index (χ1n) is 4.75. The van der Waals surface area contributed by atoms with E-state index in [2.05, 4.69) is 4.99 Å². The van der Waals surface area contributed by atoms with E-state index in [0.717, 1.165) is 6.42 Å². The SMILES string of the molecule is CC(=O)OC(C)(C)C.CCC=NC(=N)N. The number of nitrogens with one attached hydrogen (secondary N) is 1. The van der Waals surface area contributed by atoms with Crippen molar-refractivity contribution < 1.29 is 9.53 Å². The molecule has 0 aromatic rings. The lowest BCUT2D eigenvalue weighted by atomic mass is 10.2. The molecule has 0 saturated carbocycles. The Morgan fingerprint density at radius 3 is 2.07 bits per heavy atom. The van der Waals surface area contributed by atoms with Gasteiger partial charge in [0.15, 0.2) is 0 Å². The standard InChI is InChI=1S/C6H12O2.C4H9N3/c1-5(7)8-6(2,3)4;1-2-3-7-4(5)6/h1-4H3;3H,2H2,1H3,(H3,5,6). The quantitative estimate of drug-likeness (QED) is 0.396. The molecule has 0 rings (SSSR count). The summed E-state index contributed by atoms with van der Waals surface area (Å²) < 4.78 is 4.80. The van der Waals surface area contributed by atoms with Gasteiger partial charge in [-0.1, -0.05) is 6.92 Å². The molecule has 5 nitrogen and oxygen atoms in total. The van der Waals surface area contributed by atoms with Crippen LogP contribution >= 0.6 is 0 Å². The van der Waals surface area contributed by atoms with Gasteiger partial charge in [-0.3, -0.25) is 10.2 Å². The van der Waals surface area contributed by atoms with Gasteiger partial charge >= 0.3 is 5.97 Å². The zero-order valence-electron chi connectivity index (χ0n) is 10.1. The molecule has 0 aromatic heterocycles. The first-order chi connectivity index (χ1) is 6.69.